The molecule has 0 bridgehead atoms. The molecule has 0 aromatic heterocycles. The lowest BCUT2D eigenvalue weighted by atomic mass is 9.98. The Bertz CT molecular complexity index is 207. The summed E-state index contributed by atoms with van der Waals surface area (Å²) in [5, 5.41) is 9.18. The van der Waals surface area contributed by atoms with Crippen LogP contribution in [0, 0.1) is 5.92 Å². The van der Waals surface area contributed by atoms with E-state index >= 15 is 0 Å². The highest BCUT2D eigenvalue weighted by molar-refractivity contribution is 7.37. The summed E-state index contributed by atoms with van der Waals surface area (Å²) >= 11 is 0. The van der Waals surface area contributed by atoms with Crippen molar-refractivity contribution < 1.29 is 9.90 Å². The fourth-order valence-electron chi connectivity index (χ4n) is 2.37. The molecule has 0 spiro atoms. The number of unbranched alkanes of at least 4 members (excludes halogenated alkanes) is 7. The lowest BCUT2D eigenvalue weighted by molar-refractivity contribution is -0.142. The number of hydrogen-bond donors (Lipinski definition) is 1. The third kappa shape index (κ3) is 12.7. The quantitative estimate of drug-likeness (QED) is 0.347. The molecule has 2 unspecified atom stereocenters. The van der Waals surface area contributed by atoms with Gasteiger partial charge >= 0.3 is 5.97 Å². The summed E-state index contributed by atoms with van der Waals surface area (Å²) in [4.78, 5) is 11.1. The topological polar surface area (TPSA) is 37.3 Å². The largest absolute Gasteiger partial charge is 0.481 e. The lowest BCUT2D eigenvalue weighted by Crippen LogP contribution is -2.14. The van der Waals surface area contributed by atoms with Gasteiger partial charge in [-0.25, -0.2) is 0 Å². The Kier molecular flexibility index (Phi) is 14.2. The van der Waals surface area contributed by atoms with Crippen LogP contribution >= 0.6 is 8.58 Å². The van der Waals surface area contributed by atoms with Gasteiger partial charge in [0.25, 0.3) is 0 Å². The van der Waals surface area contributed by atoms with Crippen molar-refractivity contribution >= 4 is 14.6 Å². The molecule has 0 heterocycles. The second kappa shape index (κ2) is 14.3. The first-order chi connectivity index (χ1) is 9.22. The van der Waals surface area contributed by atoms with Crippen LogP contribution in [0.2, 0.25) is 0 Å². The number of aliphatic carboxylic acids is 1. The van der Waals surface area contributed by atoms with Crippen molar-refractivity contribution in [2.24, 2.45) is 5.92 Å². The third-order valence-electron chi connectivity index (χ3n) is 3.67. The van der Waals surface area contributed by atoms with E-state index in [0.717, 1.165) is 34.0 Å². The van der Waals surface area contributed by atoms with E-state index in [-0.39, 0.29) is 5.92 Å². The number of carbonyl (C=O) groups is 1. The Morgan fingerprint density at radius 1 is 0.947 bits per heavy atom. The van der Waals surface area contributed by atoms with Crippen molar-refractivity contribution in [2.45, 2.75) is 78.1 Å². The SMILES string of the molecule is CCCCCCCCCCC(CCPCC)C(=O)O. The van der Waals surface area contributed by atoms with Crippen LogP contribution in [-0.4, -0.2) is 23.4 Å². The summed E-state index contributed by atoms with van der Waals surface area (Å²) in [7, 11) is 0.942. The predicted molar refractivity (Wildman–Crippen MR) is 86.7 cm³/mol. The van der Waals surface area contributed by atoms with E-state index < -0.39 is 5.97 Å². The van der Waals surface area contributed by atoms with Gasteiger partial charge in [0.2, 0.25) is 0 Å². The summed E-state index contributed by atoms with van der Waals surface area (Å²) in [6.07, 6.45) is 14.4. The van der Waals surface area contributed by atoms with Crippen LogP contribution in [0.25, 0.3) is 0 Å². The van der Waals surface area contributed by atoms with Gasteiger partial charge in [0.1, 0.15) is 0 Å². The fourth-order valence-corrected chi connectivity index (χ4v) is 3.28. The first-order valence-electron chi connectivity index (χ1n) is 8.15. The highest BCUT2D eigenvalue weighted by Crippen LogP contribution is 2.20. The van der Waals surface area contributed by atoms with Gasteiger partial charge < -0.3 is 5.11 Å². The predicted octanol–water partition coefficient (Wildman–Crippen LogP) is 5.31. The first-order valence-corrected chi connectivity index (χ1v) is 9.57. The zero-order chi connectivity index (χ0) is 14.3. The second-order valence-corrected chi connectivity index (χ2v) is 7.15. The minimum atomic E-state index is -0.580. The van der Waals surface area contributed by atoms with Gasteiger partial charge in [-0.15, -0.1) is 8.58 Å². The summed E-state index contributed by atoms with van der Waals surface area (Å²) in [6, 6.07) is 0. The second-order valence-electron chi connectivity index (χ2n) is 5.44. The molecule has 0 fully saturated rings. The Morgan fingerprint density at radius 2 is 1.53 bits per heavy atom. The van der Waals surface area contributed by atoms with Crippen molar-refractivity contribution in [3.63, 3.8) is 0 Å². The monoisotopic (exact) mass is 288 g/mol. The number of hydrogen-bond acceptors (Lipinski definition) is 1. The van der Waals surface area contributed by atoms with Crippen LogP contribution in [0.4, 0.5) is 0 Å². The molecule has 1 N–H and O–H groups in total. The molecular weight excluding hydrogens is 255 g/mol. The first kappa shape index (κ1) is 18.9. The molecule has 114 valence electrons. The Hall–Kier alpha value is -0.100. The van der Waals surface area contributed by atoms with E-state index in [1.807, 2.05) is 0 Å². The minimum Gasteiger partial charge on any atom is -0.481 e. The summed E-state index contributed by atoms with van der Waals surface area (Å²) < 4.78 is 0. The van der Waals surface area contributed by atoms with E-state index in [2.05, 4.69) is 13.8 Å². The molecule has 0 saturated carbocycles. The molecule has 2 atom stereocenters. The Balaban J connectivity index is 3.45. The molecule has 0 radical (unpaired) electrons. The average Bonchev–Trinajstić information content (AvgIpc) is 2.39. The van der Waals surface area contributed by atoms with Crippen molar-refractivity contribution in [3.05, 3.63) is 0 Å². The smallest absolute Gasteiger partial charge is 0.306 e. The van der Waals surface area contributed by atoms with Gasteiger partial charge in [-0.2, -0.15) is 0 Å². The average molecular weight is 288 g/mol. The van der Waals surface area contributed by atoms with E-state index in [1.165, 1.54) is 51.1 Å². The highest BCUT2D eigenvalue weighted by Gasteiger charge is 2.15. The van der Waals surface area contributed by atoms with Crippen LogP contribution < -0.4 is 0 Å². The van der Waals surface area contributed by atoms with Crippen molar-refractivity contribution in [1.29, 1.82) is 0 Å². The number of carboxylic acid groups (broad SMARTS) is 1. The lowest BCUT2D eigenvalue weighted by Gasteiger charge is -2.11. The number of rotatable bonds is 14. The zero-order valence-electron chi connectivity index (χ0n) is 12.9. The molecular formula is C16H33O2P. The molecule has 0 amide bonds. The third-order valence-corrected chi connectivity index (χ3v) is 4.82. The highest BCUT2D eigenvalue weighted by atomic mass is 31.1. The van der Waals surface area contributed by atoms with Gasteiger partial charge in [-0.1, -0.05) is 65.2 Å². The normalized spacial score (nSPS) is 13.2. The zero-order valence-corrected chi connectivity index (χ0v) is 13.9. The molecule has 3 heteroatoms. The van der Waals surface area contributed by atoms with Gasteiger partial charge in [0, 0.05) is 0 Å². The van der Waals surface area contributed by atoms with Crippen LogP contribution in [0.15, 0.2) is 0 Å². The van der Waals surface area contributed by atoms with Crippen LogP contribution in [0.5, 0.6) is 0 Å². The summed E-state index contributed by atoms with van der Waals surface area (Å²) in [5.41, 5.74) is 0. The summed E-state index contributed by atoms with van der Waals surface area (Å²) in [5.74, 6) is -0.664. The van der Waals surface area contributed by atoms with Gasteiger partial charge in [-0.05, 0) is 25.2 Å². The van der Waals surface area contributed by atoms with E-state index in [4.69, 9.17) is 0 Å². The van der Waals surface area contributed by atoms with Crippen LogP contribution in [0.1, 0.15) is 78.1 Å². The fraction of sp³-hybridized carbons (Fsp3) is 0.938. The van der Waals surface area contributed by atoms with E-state index in [0.29, 0.717) is 0 Å². The molecule has 2 nitrogen and oxygen atoms in total. The van der Waals surface area contributed by atoms with E-state index in [9.17, 15) is 9.90 Å². The minimum absolute atomic E-state index is 0.0841. The molecule has 0 saturated heterocycles. The standard InChI is InChI=1S/C16H33O2P/c1-3-5-6-7-8-9-10-11-12-15(16(17)18)13-14-19-4-2/h15,19H,3-14H2,1-2H3,(H,17,18). The van der Waals surface area contributed by atoms with Crippen molar-refractivity contribution in [1.82, 2.24) is 0 Å². The van der Waals surface area contributed by atoms with Gasteiger partial charge in [0.15, 0.2) is 0 Å². The van der Waals surface area contributed by atoms with Crippen molar-refractivity contribution in [2.75, 3.05) is 12.3 Å². The Morgan fingerprint density at radius 3 is 2.05 bits per heavy atom. The number of carboxylic acids is 1. The maximum absolute atomic E-state index is 11.1. The maximum atomic E-state index is 11.1. The molecule has 0 rings (SSSR count). The van der Waals surface area contributed by atoms with Gasteiger partial charge in [-0.3, -0.25) is 4.79 Å². The van der Waals surface area contributed by atoms with Gasteiger partial charge in [0.05, 0.1) is 5.92 Å². The van der Waals surface area contributed by atoms with Crippen molar-refractivity contribution in [3.8, 4) is 0 Å². The molecule has 0 aliphatic carbocycles. The van der Waals surface area contributed by atoms with Crippen LogP contribution in [-0.2, 0) is 4.79 Å². The maximum Gasteiger partial charge on any atom is 0.306 e. The van der Waals surface area contributed by atoms with Crippen LogP contribution in [0.3, 0.4) is 0 Å². The molecule has 0 aromatic rings. The molecule has 0 aromatic carbocycles. The molecule has 19 heavy (non-hydrogen) atoms. The Labute approximate surface area is 121 Å². The molecule has 0 aliphatic rings. The van der Waals surface area contributed by atoms with E-state index in [1.54, 1.807) is 0 Å². The summed E-state index contributed by atoms with van der Waals surface area (Å²) in [6.45, 7) is 4.41. The molecule has 0 aliphatic heterocycles.